The van der Waals surface area contributed by atoms with Gasteiger partial charge in [0.05, 0.1) is 12.0 Å². The summed E-state index contributed by atoms with van der Waals surface area (Å²) in [4.78, 5) is 25.9. The van der Waals surface area contributed by atoms with Crippen molar-refractivity contribution in [2.75, 3.05) is 0 Å². The van der Waals surface area contributed by atoms with Gasteiger partial charge in [0.1, 0.15) is 35.2 Å². The zero-order valence-corrected chi connectivity index (χ0v) is 18.7. The molecule has 1 amide bonds. The predicted octanol–water partition coefficient (Wildman–Crippen LogP) is 4.86. The van der Waals surface area contributed by atoms with Gasteiger partial charge in [0, 0.05) is 17.7 Å². The summed E-state index contributed by atoms with van der Waals surface area (Å²) in [5, 5.41) is 10.5. The molecule has 1 saturated carbocycles. The Morgan fingerprint density at radius 2 is 1.92 bits per heavy atom. The number of rotatable bonds is 5. The standard InChI is InChI=1S/C25H19F3N4O4/c26-25(27,28)16-11-17(14-7-8-14)29-31(24(16)34)13-23(33)32-19(21-6-3-9-35-21)12-18(30-32)22-10-15-4-1-2-5-20(15)36-22/h1-6,9-11,14,19H,7-8,12-13H2. The Labute approximate surface area is 201 Å². The predicted molar refractivity (Wildman–Crippen MR) is 121 cm³/mol. The molecule has 1 unspecified atom stereocenters. The Morgan fingerprint density at radius 3 is 2.61 bits per heavy atom. The molecule has 4 aromatic rings. The Balaban J connectivity index is 1.36. The van der Waals surface area contributed by atoms with E-state index in [-0.39, 0.29) is 18.0 Å². The monoisotopic (exact) mass is 496 g/mol. The molecule has 2 aliphatic rings. The van der Waals surface area contributed by atoms with Gasteiger partial charge < -0.3 is 8.83 Å². The number of amides is 1. The summed E-state index contributed by atoms with van der Waals surface area (Å²) in [5.74, 6) is 0.0706. The van der Waals surface area contributed by atoms with Gasteiger partial charge in [0.15, 0.2) is 5.76 Å². The molecular weight excluding hydrogens is 477 g/mol. The third kappa shape index (κ3) is 4.00. The maximum atomic E-state index is 13.5. The van der Waals surface area contributed by atoms with Crippen molar-refractivity contribution in [2.45, 2.75) is 43.9 Å². The van der Waals surface area contributed by atoms with Crippen molar-refractivity contribution in [3.8, 4) is 0 Å². The van der Waals surface area contributed by atoms with Gasteiger partial charge in [0.25, 0.3) is 11.5 Å². The molecule has 4 heterocycles. The molecule has 0 N–H and O–H groups in total. The second-order valence-corrected chi connectivity index (χ2v) is 8.89. The Kier molecular flexibility index (Phi) is 5.09. The lowest BCUT2D eigenvalue weighted by atomic mass is 10.1. The van der Waals surface area contributed by atoms with Crippen molar-refractivity contribution in [3.05, 3.63) is 87.9 Å². The lowest BCUT2D eigenvalue weighted by Crippen LogP contribution is -2.37. The van der Waals surface area contributed by atoms with Crippen LogP contribution in [0.5, 0.6) is 0 Å². The van der Waals surface area contributed by atoms with Crippen LogP contribution in [0.1, 0.15) is 54.0 Å². The molecule has 184 valence electrons. The molecule has 1 aliphatic heterocycles. The smallest absolute Gasteiger partial charge is 0.421 e. The zero-order valence-electron chi connectivity index (χ0n) is 18.7. The summed E-state index contributed by atoms with van der Waals surface area (Å²) >= 11 is 0. The molecule has 0 radical (unpaired) electrons. The minimum Gasteiger partial charge on any atom is -0.467 e. The second kappa shape index (κ2) is 8.21. The molecule has 3 aromatic heterocycles. The van der Waals surface area contributed by atoms with Crippen LogP contribution in [0.15, 0.2) is 73.5 Å². The van der Waals surface area contributed by atoms with Crippen molar-refractivity contribution in [2.24, 2.45) is 5.10 Å². The molecule has 36 heavy (non-hydrogen) atoms. The average Bonchev–Trinajstić information content (AvgIpc) is 3.24. The van der Waals surface area contributed by atoms with Gasteiger partial charge in [-0.25, -0.2) is 9.69 Å². The second-order valence-electron chi connectivity index (χ2n) is 8.89. The van der Waals surface area contributed by atoms with Crippen LogP contribution < -0.4 is 5.56 Å². The van der Waals surface area contributed by atoms with E-state index in [9.17, 15) is 22.8 Å². The number of hydrogen-bond acceptors (Lipinski definition) is 6. The SMILES string of the molecule is O=C(Cn1nc(C2CC2)cc(C(F)(F)F)c1=O)N1N=C(c2cc3ccccc3o2)CC1c1ccco1. The minimum absolute atomic E-state index is 0.145. The van der Waals surface area contributed by atoms with Crippen LogP contribution in [-0.2, 0) is 17.5 Å². The van der Waals surface area contributed by atoms with E-state index in [2.05, 4.69) is 10.2 Å². The van der Waals surface area contributed by atoms with Crippen molar-refractivity contribution in [1.29, 1.82) is 0 Å². The third-order valence-electron chi connectivity index (χ3n) is 6.33. The van der Waals surface area contributed by atoms with Crippen LogP contribution in [0.3, 0.4) is 0 Å². The highest BCUT2D eigenvalue weighted by Crippen LogP contribution is 2.40. The molecule has 8 nitrogen and oxygen atoms in total. The normalized spacial score (nSPS) is 18.1. The lowest BCUT2D eigenvalue weighted by Gasteiger charge is -2.20. The highest BCUT2D eigenvalue weighted by molar-refractivity contribution is 6.03. The number of fused-ring (bicyclic) bond motifs is 1. The molecule has 0 bridgehead atoms. The largest absolute Gasteiger partial charge is 0.467 e. The van der Waals surface area contributed by atoms with Crippen molar-refractivity contribution >= 4 is 22.6 Å². The first-order valence-corrected chi connectivity index (χ1v) is 11.4. The number of carbonyl (C=O) groups excluding carboxylic acids is 1. The Bertz CT molecular complexity index is 1510. The molecule has 6 rings (SSSR count). The van der Waals surface area contributed by atoms with Gasteiger partial charge in [-0.05, 0) is 43.2 Å². The number of nitrogens with zero attached hydrogens (tertiary/aromatic N) is 4. The molecule has 1 fully saturated rings. The maximum absolute atomic E-state index is 13.5. The summed E-state index contributed by atoms with van der Waals surface area (Å²) in [6.45, 7) is -0.698. The van der Waals surface area contributed by atoms with E-state index < -0.39 is 35.8 Å². The molecule has 1 atom stereocenters. The summed E-state index contributed by atoms with van der Waals surface area (Å²) in [6.07, 6.45) is -1.76. The average molecular weight is 496 g/mol. The van der Waals surface area contributed by atoms with E-state index in [0.717, 1.165) is 16.5 Å². The van der Waals surface area contributed by atoms with E-state index in [4.69, 9.17) is 8.83 Å². The quantitative estimate of drug-likeness (QED) is 0.394. The summed E-state index contributed by atoms with van der Waals surface area (Å²) in [6, 6.07) is 12.7. The van der Waals surface area contributed by atoms with E-state index >= 15 is 0 Å². The molecule has 11 heteroatoms. The molecule has 1 aromatic carbocycles. The van der Waals surface area contributed by atoms with Crippen LogP contribution in [0.25, 0.3) is 11.0 Å². The highest BCUT2D eigenvalue weighted by Gasteiger charge is 2.39. The van der Waals surface area contributed by atoms with E-state index in [0.29, 0.717) is 40.3 Å². The molecule has 0 saturated heterocycles. The Hall–Kier alpha value is -4.15. The minimum atomic E-state index is -4.86. The summed E-state index contributed by atoms with van der Waals surface area (Å²) in [5.41, 5.74) is -1.41. The number of alkyl halides is 3. The topological polar surface area (TPSA) is 93.8 Å². The van der Waals surface area contributed by atoms with Gasteiger partial charge in [-0.3, -0.25) is 9.59 Å². The number of furan rings is 2. The van der Waals surface area contributed by atoms with Crippen LogP contribution in [0.2, 0.25) is 0 Å². The fraction of sp³-hybridized carbons (Fsp3) is 0.280. The van der Waals surface area contributed by atoms with Gasteiger partial charge in [-0.1, -0.05) is 18.2 Å². The number of halogens is 3. The number of aromatic nitrogens is 2. The van der Waals surface area contributed by atoms with E-state index in [1.165, 1.54) is 6.26 Å². The summed E-state index contributed by atoms with van der Waals surface area (Å²) < 4.78 is 52.6. The van der Waals surface area contributed by atoms with Crippen LogP contribution in [-0.4, -0.2) is 26.4 Å². The molecule has 1 aliphatic carbocycles. The first kappa shape index (κ1) is 22.3. The molecular formula is C25H19F3N4O4. The van der Waals surface area contributed by atoms with Gasteiger partial charge in [-0.2, -0.15) is 23.4 Å². The Morgan fingerprint density at radius 1 is 1.11 bits per heavy atom. The fourth-order valence-corrected chi connectivity index (χ4v) is 4.37. The van der Waals surface area contributed by atoms with Crippen LogP contribution in [0, 0.1) is 0 Å². The van der Waals surface area contributed by atoms with Crippen LogP contribution >= 0.6 is 0 Å². The van der Waals surface area contributed by atoms with E-state index in [1.807, 2.05) is 30.3 Å². The highest BCUT2D eigenvalue weighted by atomic mass is 19.4. The number of benzene rings is 1. The van der Waals surface area contributed by atoms with Gasteiger partial charge >= 0.3 is 6.18 Å². The lowest BCUT2D eigenvalue weighted by molar-refractivity contribution is -0.140. The fourth-order valence-electron chi connectivity index (χ4n) is 4.37. The number of hydrazone groups is 1. The zero-order chi connectivity index (χ0) is 25.0. The molecule has 0 spiro atoms. The van der Waals surface area contributed by atoms with Crippen LogP contribution in [0.4, 0.5) is 13.2 Å². The van der Waals surface area contributed by atoms with E-state index in [1.54, 1.807) is 12.1 Å². The van der Waals surface area contributed by atoms with Gasteiger partial charge in [-0.15, -0.1) is 0 Å². The first-order valence-electron chi connectivity index (χ1n) is 11.4. The van der Waals surface area contributed by atoms with Crippen molar-refractivity contribution in [3.63, 3.8) is 0 Å². The number of carbonyl (C=O) groups is 1. The summed E-state index contributed by atoms with van der Waals surface area (Å²) in [7, 11) is 0. The number of hydrogen-bond donors (Lipinski definition) is 0. The van der Waals surface area contributed by atoms with Crippen molar-refractivity contribution < 1.29 is 26.8 Å². The van der Waals surface area contributed by atoms with Gasteiger partial charge in [0.2, 0.25) is 0 Å². The third-order valence-corrected chi connectivity index (χ3v) is 6.33. The van der Waals surface area contributed by atoms with Crippen molar-refractivity contribution in [1.82, 2.24) is 14.8 Å². The first-order chi connectivity index (χ1) is 17.3. The maximum Gasteiger partial charge on any atom is 0.421 e. The number of para-hydroxylation sites is 1.